The number of benzene rings is 1. The number of nitrogens with one attached hydrogen (secondary N) is 1. The number of piperazine rings is 1. The molecule has 1 aromatic carbocycles. The summed E-state index contributed by atoms with van der Waals surface area (Å²) in [6.07, 6.45) is 2.37. The molecule has 15 heteroatoms. The predicted molar refractivity (Wildman–Crippen MR) is 174 cm³/mol. The topological polar surface area (TPSA) is 135 Å². The fraction of sp³-hybridized carbons (Fsp3) is 0.515. The van der Waals surface area contributed by atoms with E-state index in [1.165, 1.54) is 16.7 Å². The molecule has 5 aliphatic rings. The van der Waals surface area contributed by atoms with Gasteiger partial charge in [0, 0.05) is 43.0 Å². The average Bonchev–Trinajstić information content (AvgIpc) is 3.63. The number of thiophene rings is 1. The number of halogens is 3. The van der Waals surface area contributed by atoms with Crippen molar-refractivity contribution in [3.8, 4) is 23.3 Å². The molecule has 7 heterocycles. The third-order valence-electron chi connectivity index (χ3n) is 10.7. The van der Waals surface area contributed by atoms with Gasteiger partial charge in [0.2, 0.25) is 0 Å². The predicted octanol–water partition coefficient (Wildman–Crippen LogP) is 3.87. The van der Waals surface area contributed by atoms with Crippen molar-refractivity contribution in [1.82, 2.24) is 24.8 Å². The molecule has 4 aromatic rings. The Morgan fingerprint density at radius 1 is 1.17 bits per heavy atom. The summed E-state index contributed by atoms with van der Waals surface area (Å²) >= 11 is 0.911. The van der Waals surface area contributed by atoms with E-state index < -0.39 is 28.9 Å². The van der Waals surface area contributed by atoms with Gasteiger partial charge in [-0.15, -0.1) is 11.3 Å². The van der Waals surface area contributed by atoms with E-state index in [1.54, 1.807) is 0 Å². The number of nitrogen functional groups attached to an aromatic ring is 1. The normalized spacial score (nSPS) is 27.1. The zero-order valence-electron chi connectivity index (χ0n) is 26.0. The molecule has 48 heavy (non-hydrogen) atoms. The van der Waals surface area contributed by atoms with Crippen LogP contribution in [0.15, 0.2) is 16.9 Å². The Morgan fingerprint density at radius 2 is 1.96 bits per heavy atom. The van der Waals surface area contributed by atoms with Gasteiger partial charge in [-0.25, -0.2) is 13.2 Å². The Kier molecular flexibility index (Phi) is 6.92. The second kappa shape index (κ2) is 11.0. The minimum atomic E-state index is -0.958. The van der Waals surface area contributed by atoms with Crippen molar-refractivity contribution in [2.75, 3.05) is 56.6 Å². The molecule has 11 nitrogen and oxygen atoms in total. The number of morpholine rings is 1. The molecule has 4 saturated heterocycles. The number of anilines is 2. The van der Waals surface area contributed by atoms with Crippen molar-refractivity contribution in [1.29, 1.82) is 5.26 Å². The number of pyridine rings is 1. The molecule has 9 rings (SSSR count). The molecule has 1 saturated carbocycles. The average molecular weight is 679 g/mol. The number of hydrogen-bond donors (Lipinski definition) is 2. The molecule has 2 bridgehead atoms. The van der Waals surface area contributed by atoms with Crippen LogP contribution in [0.4, 0.5) is 24.0 Å². The van der Waals surface area contributed by atoms with Crippen LogP contribution in [0, 0.1) is 23.0 Å². The van der Waals surface area contributed by atoms with Crippen molar-refractivity contribution in [2.45, 2.75) is 61.9 Å². The van der Waals surface area contributed by atoms with Gasteiger partial charge in [0.1, 0.15) is 46.4 Å². The molecule has 3 N–H and O–H groups in total. The molecule has 1 aliphatic carbocycles. The maximum Gasteiger partial charge on any atom is 0.319 e. The third kappa shape index (κ3) is 4.45. The molecule has 4 atom stereocenters. The summed E-state index contributed by atoms with van der Waals surface area (Å²) in [6, 6.07) is 3.90. The number of aromatic nitrogens is 3. The molecule has 5 fully saturated rings. The van der Waals surface area contributed by atoms with Crippen molar-refractivity contribution in [3.63, 3.8) is 0 Å². The van der Waals surface area contributed by atoms with E-state index in [-0.39, 0.29) is 79.4 Å². The van der Waals surface area contributed by atoms with E-state index in [9.17, 15) is 14.4 Å². The van der Waals surface area contributed by atoms with Crippen molar-refractivity contribution >= 4 is 43.1 Å². The number of rotatable bonds is 6. The van der Waals surface area contributed by atoms with Crippen LogP contribution >= 0.6 is 11.3 Å². The number of fused-ring (bicyclic) bond motifs is 5. The highest BCUT2D eigenvalue weighted by Crippen LogP contribution is 2.46. The lowest BCUT2D eigenvalue weighted by Crippen LogP contribution is -2.64. The quantitative estimate of drug-likeness (QED) is 0.310. The van der Waals surface area contributed by atoms with Crippen LogP contribution in [-0.2, 0) is 4.74 Å². The SMILES string of the molecule is N#Cc1c(N)sc2c(F)ccc(-c3c(F)c4nc(OC[C@@]56CCCN5C[C@H](F)C6)nc(N5C6CNCC5COC6)c4c(=O)n3C3CC3)c12. The molecular weight excluding hydrogens is 645 g/mol. The molecular formula is C33H33F3N8O3S. The summed E-state index contributed by atoms with van der Waals surface area (Å²) < 4.78 is 60.8. The van der Waals surface area contributed by atoms with Crippen LogP contribution < -0.4 is 26.2 Å². The van der Waals surface area contributed by atoms with Crippen molar-refractivity contribution < 1.29 is 22.6 Å². The Balaban J connectivity index is 1.29. The van der Waals surface area contributed by atoms with Gasteiger partial charge >= 0.3 is 6.01 Å². The number of nitrogens with two attached hydrogens (primary N) is 1. The molecule has 3 aromatic heterocycles. The summed E-state index contributed by atoms with van der Waals surface area (Å²) in [5, 5.41) is 13.7. The highest BCUT2D eigenvalue weighted by Gasteiger charge is 2.49. The maximum atomic E-state index is 17.5. The minimum absolute atomic E-state index is 0.0305. The Bertz CT molecular complexity index is 2070. The third-order valence-corrected chi connectivity index (χ3v) is 11.7. The van der Waals surface area contributed by atoms with Crippen LogP contribution in [0.25, 0.3) is 32.2 Å². The number of nitriles is 1. The monoisotopic (exact) mass is 678 g/mol. The van der Waals surface area contributed by atoms with E-state index in [0.29, 0.717) is 52.1 Å². The number of alkyl halides is 1. The van der Waals surface area contributed by atoms with Gasteiger partial charge in [0.15, 0.2) is 5.82 Å². The number of nitrogens with zero attached hydrogens (tertiary/aromatic N) is 6. The zero-order valence-corrected chi connectivity index (χ0v) is 26.8. The summed E-state index contributed by atoms with van der Waals surface area (Å²) in [5.41, 5.74) is 5.08. The largest absolute Gasteiger partial charge is 0.461 e. The summed E-state index contributed by atoms with van der Waals surface area (Å²) in [4.78, 5) is 28.3. The van der Waals surface area contributed by atoms with E-state index >= 15 is 8.78 Å². The Labute approximate surface area is 277 Å². The second-order valence-electron chi connectivity index (χ2n) is 13.6. The van der Waals surface area contributed by atoms with Gasteiger partial charge in [-0.1, -0.05) is 0 Å². The van der Waals surface area contributed by atoms with E-state index in [1.807, 2.05) is 11.0 Å². The van der Waals surface area contributed by atoms with Crippen LogP contribution in [0.2, 0.25) is 0 Å². The summed E-state index contributed by atoms with van der Waals surface area (Å²) in [7, 11) is 0. The number of ether oxygens (including phenoxy) is 2. The molecule has 250 valence electrons. The number of hydrogen-bond acceptors (Lipinski definition) is 11. The Hall–Kier alpha value is -3.97. The van der Waals surface area contributed by atoms with Gasteiger partial charge in [0.25, 0.3) is 5.56 Å². The summed E-state index contributed by atoms with van der Waals surface area (Å²) in [6.45, 7) is 3.19. The highest BCUT2D eigenvalue weighted by molar-refractivity contribution is 7.23. The summed E-state index contributed by atoms with van der Waals surface area (Å²) in [5.74, 6) is -1.12. The maximum absolute atomic E-state index is 17.5. The first kappa shape index (κ1) is 30.1. The fourth-order valence-corrected chi connectivity index (χ4v) is 9.38. The first-order valence-electron chi connectivity index (χ1n) is 16.4. The van der Waals surface area contributed by atoms with Crippen molar-refractivity contribution in [2.24, 2.45) is 0 Å². The molecule has 2 unspecified atom stereocenters. The molecule has 4 aliphatic heterocycles. The van der Waals surface area contributed by atoms with Gasteiger partial charge in [-0.05, 0) is 44.4 Å². The fourth-order valence-electron chi connectivity index (χ4n) is 8.43. The first-order chi connectivity index (χ1) is 23.3. The lowest BCUT2D eigenvalue weighted by Gasteiger charge is -2.46. The molecule has 0 amide bonds. The van der Waals surface area contributed by atoms with E-state index in [2.05, 4.69) is 15.2 Å². The van der Waals surface area contributed by atoms with Crippen molar-refractivity contribution in [3.05, 3.63) is 39.7 Å². The highest BCUT2D eigenvalue weighted by atomic mass is 32.1. The van der Waals surface area contributed by atoms with Crippen LogP contribution in [0.5, 0.6) is 6.01 Å². The van der Waals surface area contributed by atoms with Gasteiger partial charge in [0.05, 0.1) is 46.8 Å². The van der Waals surface area contributed by atoms with E-state index in [4.69, 9.17) is 20.2 Å². The molecule has 0 spiro atoms. The standard InChI is InChI=1S/C33H33F3N8O3S/c34-16-8-33(6-1-7-42(33)12-16)15-47-32-40-26-24(30(41-32)43-18-10-39-11-19(43)14-46-13-18)31(45)44(17-2-3-17)27(25(26)36)20-4-5-22(35)28-23(20)21(9-37)29(38)48-28/h4-5,16-19,39H,1-3,6-8,10-15,38H2/t16-,18?,19?,33+/m1/s1. The van der Waals surface area contributed by atoms with Crippen LogP contribution in [0.3, 0.4) is 0 Å². The van der Waals surface area contributed by atoms with Crippen LogP contribution in [0.1, 0.15) is 43.7 Å². The lowest BCUT2D eigenvalue weighted by molar-refractivity contribution is 0.0522. The van der Waals surface area contributed by atoms with Gasteiger partial charge in [-0.2, -0.15) is 15.2 Å². The second-order valence-corrected chi connectivity index (χ2v) is 14.7. The van der Waals surface area contributed by atoms with Gasteiger partial charge < -0.3 is 30.0 Å². The van der Waals surface area contributed by atoms with E-state index in [0.717, 1.165) is 30.7 Å². The zero-order chi connectivity index (χ0) is 32.9. The minimum Gasteiger partial charge on any atom is -0.461 e. The molecule has 0 radical (unpaired) electrons. The smallest absolute Gasteiger partial charge is 0.319 e. The van der Waals surface area contributed by atoms with Crippen LogP contribution in [-0.4, -0.2) is 89.2 Å². The van der Waals surface area contributed by atoms with Gasteiger partial charge in [-0.3, -0.25) is 9.69 Å². The Morgan fingerprint density at radius 3 is 2.71 bits per heavy atom. The lowest BCUT2D eigenvalue weighted by atomic mass is 9.95. The first-order valence-corrected chi connectivity index (χ1v) is 17.2.